The Morgan fingerprint density at radius 3 is 2.59 bits per heavy atom. The van der Waals surface area contributed by atoms with Crippen molar-refractivity contribution in [1.29, 1.82) is 0 Å². The van der Waals surface area contributed by atoms with Gasteiger partial charge >= 0.3 is 0 Å². The first kappa shape index (κ1) is 34.9. The molecule has 0 bridgehead atoms. The number of hydrogen-bond acceptors (Lipinski definition) is 6. The van der Waals surface area contributed by atoms with Crippen molar-refractivity contribution in [3.05, 3.63) is 130 Å². The summed E-state index contributed by atoms with van der Waals surface area (Å²) in [6.45, 7) is 9.22. The first-order valence-electron chi connectivity index (χ1n) is 15.2. The Morgan fingerprint density at radius 2 is 1.98 bits per heavy atom. The number of benzene rings is 2. The summed E-state index contributed by atoms with van der Waals surface area (Å²) in [7, 11) is 3.94. The minimum absolute atomic E-state index is 0.247. The Labute approximate surface area is 280 Å². The molecule has 5 rings (SSSR count). The van der Waals surface area contributed by atoms with Gasteiger partial charge in [-0.05, 0) is 74.2 Å². The number of rotatable bonds is 10. The highest BCUT2D eigenvalue weighted by atomic mass is 35.5. The molecule has 5 nitrogen and oxygen atoms in total. The second-order valence-electron chi connectivity index (χ2n) is 10.9. The van der Waals surface area contributed by atoms with E-state index in [2.05, 4.69) is 57.7 Å². The zero-order valence-electron chi connectivity index (χ0n) is 26.7. The van der Waals surface area contributed by atoms with E-state index in [4.69, 9.17) is 16.6 Å². The zero-order chi connectivity index (χ0) is 33.1. The van der Waals surface area contributed by atoms with E-state index in [0.29, 0.717) is 18.0 Å². The average Bonchev–Trinajstić information content (AvgIpc) is 3.51. The minimum Gasteiger partial charge on any atom is -0.369 e. The Bertz CT molecular complexity index is 1610. The predicted molar refractivity (Wildman–Crippen MR) is 193 cm³/mol. The summed E-state index contributed by atoms with van der Waals surface area (Å²) in [4.78, 5) is 19.5. The van der Waals surface area contributed by atoms with Crippen LogP contribution in [0.1, 0.15) is 26.7 Å². The van der Waals surface area contributed by atoms with Crippen LogP contribution in [0, 0.1) is 5.82 Å². The topological polar surface area (TPSA) is 44.1 Å². The largest absolute Gasteiger partial charge is 0.369 e. The van der Waals surface area contributed by atoms with Gasteiger partial charge in [0.2, 0.25) is 0 Å². The molecule has 0 amide bonds. The van der Waals surface area contributed by atoms with Crippen LogP contribution >= 0.6 is 23.4 Å². The molecule has 2 aromatic carbocycles. The quantitative estimate of drug-likeness (QED) is 0.203. The maximum Gasteiger partial charge on any atom is 0.141 e. The third kappa shape index (κ3) is 9.27. The monoisotopic (exact) mass is 659 g/mol. The second kappa shape index (κ2) is 17.1. The molecule has 1 aromatic heterocycles. The van der Waals surface area contributed by atoms with Crippen LogP contribution in [0.15, 0.2) is 129 Å². The molecule has 2 aliphatic heterocycles. The van der Waals surface area contributed by atoms with Gasteiger partial charge in [-0.25, -0.2) is 8.78 Å². The number of likely N-dealkylation sites (N-methyl/N-ethyl adjacent to an activating group) is 1. The number of thioether (sulfide) groups is 1. The van der Waals surface area contributed by atoms with Gasteiger partial charge in [0.15, 0.2) is 0 Å². The number of alkyl halides is 1. The zero-order valence-corrected chi connectivity index (χ0v) is 28.3. The van der Waals surface area contributed by atoms with E-state index >= 15 is 0 Å². The lowest BCUT2D eigenvalue weighted by atomic mass is 10.0. The van der Waals surface area contributed by atoms with E-state index in [1.54, 1.807) is 37.9 Å². The molecular weight excluding hydrogens is 620 g/mol. The fourth-order valence-electron chi connectivity index (χ4n) is 5.23. The van der Waals surface area contributed by atoms with Crippen LogP contribution in [0.5, 0.6) is 0 Å². The second-order valence-corrected chi connectivity index (χ2v) is 12.3. The van der Waals surface area contributed by atoms with Crippen LogP contribution in [0.2, 0.25) is 5.02 Å². The Balaban J connectivity index is 0.000000523. The van der Waals surface area contributed by atoms with Crippen LogP contribution in [-0.4, -0.2) is 60.8 Å². The van der Waals surface area contributed by atoms with E-state index in [1.165, 1.54) is 17.8 Å². The maximum absolute atomic E-state index is 13.4. The molecule has 0 radical (unpaired) electrons. The van der Waals surface area contributed by atoms with Crippen molar-refractivity contribution in [2.75, 3.05) is 32.1 Å². The number of hydrogen-bond donors (Lipinski definition) is 0. The summed E-state index contributed by atoms with van der Waals surface area (Å²) in [6.07, 6.45) is 7.99. The van der Waals surface area contributed by atoms with Crippen molar-refractivity contribution in [1.82, 2.24) is 9.88 Å². The molecule has 2 unspecified atom stereocenters. The highest BCUT2D eigenvalue weighted by Crippen LogP contribution is 2.36. The van der Waals surface area contributed by atoms with Gasteiger partial charge in [-0.3, -0.25) is 15.0 Å². The van der Waals surface area contributed by atoms with E-state index < -0.39 is 6.17 Å². The van der Waals surface area contributed by atoms with Crippen molar-refractivity contribution < 1.29 is 8.78 Å². The first-order chi connectivity index (χ1) is 22.2. The summed E-state index contributed by atoms with van der Waals surface area (Å²) < 4.78 is 25.5. The SMILES string of the molecule is C=C(S/C=C\C)C1=NCC(C(/C=C\CC(C)F)=NC)=C2CC(N(C)c3ccc(-c4ccccn4)cc3)CN12.Fc1cccc(Cl)c1. The van der Waals surface area contributed by atoms with Gasteiger partial charge in [-0.2, -0.15) is 0 Å². The normalized spacial score (nSPS) is 17.1. The van der Waals surface area contributed by atoms with E-state index in [9.17, 15) is 8.78 Å². The summed E-state index contributed by atoms with van der Waals surface area (Å²) in [5, 5.41) is 2.47. The molecule has 1 saturated heterocycles. The predicted octanol–water partition coefficient (Wildman–Crippen LogP) is 9.56. The molecule has 2 atom stereocenters. The van der Waals surface area contributed by atoms with E-state index in [1.807, 2.05) is 55.0 Å². The van der Waals surface area contributed by atoms with Gasteiger partial charge in [0.1, 0.15) is 17.8 Å². The highest BCUT2D eigenvalue weighted by molar-refractivity contribution is 8.06. The van der Waals surface area contributed by atoms with Gasteiger partial charge < -0.3 is 9.80 Å². The van der Waals surface area contributed by atoms with Gasteiger partial charge in [0, 0.05) is 65.7 Å². The van der Waals surface area contributed by atoms with Crippen LogP contribution in [0.25, 0.3) is 11.3 Å². The fraction of sp³-hybridized carbons (Fsp3) is 0.270. The molecule has 0 spiro atoms. The highest BCUT2D eigenvalue weighted by Gasteiger charge is 2.37. The molecule has 2 aliphatic rings. The molecular formula is C37H40ClF2N5S. The molecule has 240 valence electrons. The molecule has 1 fully saturated rings. The number of aliphatic imine (C=N–C) groups is 2. The van der Waals surface area contributed by atoms with Crippen molar-refractivity contribution >= 4 is 40.6 Å². The average molecular weight is 660 g/mol. The molecule has 0 aliphatic carbocycles. The summed E-state index contributed by atoms with van der Waals surface area (Å²) in [5.41, 5.74) is 6.40. The number of amidine groups is 1. The van der Waals surface area contributed by atoms with Crippen LogP contribution < -0.4 is 4.90 Å². The summed E-state index contributed by atoms with van der Waals surface area (Å²) >= 11 is 7.00. The fourth-order valence-corrected chi connectivity index (χ4v) is 5.99. The lowest BCUT2D eigenvalue weighted by Gasteiger charge is -2.30. The van der Waals surface area contributed by atoms with Crippen molar-refractivity contribution in [3.8, 4) is 11.3 Å². The number of aromatic nitrogens is 1. The number of allylic oxidation sites excluding steroid dienone is 3. The molecule has 9 heteroatoms. The lowest BCUT2D eigenvalue weighted by molar-refractivity contribution is 0.365. The molecule has 3 aromatic rings. The Hall–Kier alpha value is -4.01. The van der Waals surface area contributed by atoms with E-state index in [0.717, 1.165) is 51.9 Å². The van der Waals surface area contributed by atoms with Crippen LogP contribution in [0.3, 0.4) is 0 Å². The Kier molecular flexibility index (Phi) is 12.9. The summed E-state index contributed by atoms with van der Waals surface area (Å²) in [5.74, 6) is 0.627. The number of pyridine rings is 1. The lowest BCUT2D eigenvalue weighted by Crippen LogP contribution is -2.38. The van der Waals surface area contributed by atoms with Gasteiger partial charge in [0.25, 0.3) is 0 Å². The van der Waals surface area contributed by atoms with E-state index in [-0.39, 0.29) is 11.9 Å². The third-order valence-electron chi connectivity index (χ3n) is 7.59. The first-order valence-corrected chi connectivity index (χ1v) is 16.4. The van der Waals surface area contributed by atoms with Gasteiger partial charge in [0.05, 0.1) is 24.0 Å². The number of fused-ring (bicyclic) bond motifs is 1. The molecule has 0 N–H and O–H groups in total. The number of nitrogens with zero attached hydrogens (tertiary/aromatic N) is 5. The standard InChI is InChI=1S/C31H36FN5S.C6H4ClF/c1-6-18-38-23(3)31-35-20-27(29(33-4)12-9-10-22(2)32)30-19-26(21-37(30)31)36(5)25-15-13-24(14-16-25)28-11-7-8-17-34-28;7-5-2-1-3-6(8)4-5/h6-9,11-18,22,26H,3,10,19-21H2,1-2,4-5H3;1-4H/b12-9-,18-6-,33-29?;. The summed E-state index contributed by atoms with van der Waals surface area (Å²) in [6, 6.07) is 20.6. The number of halogens is 3. The van der Waals surface area contributed by atoms with Gasteiger partial charge in [-0.1, -0.05) is 66.4 Å². The van der Waals surface area contributed by atoms with Crippen molar-refractivity contribution in [2.24, 2.45) is 9.98 Å². The smallest absolute Gasteiger partial charge is 0.141 e. The Morgan fingerprint density at radius 1 is 1.20 bits per heavy atom. The van der Waals surface area contributed by atoms with Crippen molar-refractivity contribution in [2.45, 2.75) is 38.9 Å². The maximum atomic E-state index is 13.4. The van der Waals surface area contributed by atoms with Crippen LogP contribution in [-0.2, 0) is 0 Å². The van der Waals surface area contributed by atoms with Gasteiger partial charge in [-0.15, -0.1) is 0 Å². The minimum atomic E-state index is -0.880. The number of anilines is 1. The third-order valence-corrected chi connectivity index (χ3v) is 8.70. The molecule has 3 heterocycles. The molecule has 46 heavy (non-hydrogen) atoms. The van der Waals surface area contributed by atoms with Crippen LogP contribution in [0.4, 0.5) is 14.5 Å². The molecule has 0 saturated carbocycles. The van der Waals surface area contributed by atoms with Crippen molar-refractivity contribution in [3.63, 3.8) is 0 Å².